The molecule has 3 nitrogen and oxygen atoms in total. The summed E-state index contributed by atoms with van der Waals surface area (Å²) in [5.41, 5.74) is 0.283. The molecule has 0 unspecified atom stereocenters. The summed E-state index contributed by atoms with van der Waals surface area (Å²) in [7, 11) is 1.95. The Morgan fingerprint density at radius 3 is 2.55 bits per heavy atom. The van der Waals surface area contributed by atoms with Crippen LogP contribution in [0, 0.1) is 0 Å². The van der Waals surface area contributed by atoms with Crippen molar-refractivity contribution in [2.45, 2.75) is 13.3 Å². The topological polar surface area (TPSA) is 40.5 Å². The number of nitrogens with zero attached hydrogens (tertiary/aromatic N) is 1. The predicted octanol–water partition coefficient (Wildman–Crippen LogP) is 0.969. The van der Waals surface area contributed by atoms with Crippen molar-refractivity contribution in [3.8, 4) is 0 Å². The van der Waals surface area contributed by atoms with Crippen LogP contribution in [0.25, 0.3) is 0 Å². The lowest BCUT2D eigenvalue weighted by Gasteiger charge is -2.12. The zero-order chi connectivity index (χ0) is 8.85. The van der Waals surface area contributed by atoms with E-state index in [1.165, 1.54) is 0 Å². The van der Waals surface area contributed by atoms with Crippen molar-refractivity contribution >= 4 is 5.97 Å². The molecule has 0 bridgehead atoms. The number of hydrogen-bond donors (Lipinski definition) is 1. The summed E-state index contributed by atoms with van der Waals surface area (Å²) in [6, 6.07) is 0. The number of carboxylic acid groups (broad SMARTS) is 1. The first-order valence-electron chi connectivity index (χ1n) is 3.67. The molecule has 1 N–H and O–H groups in total. The van der Waals surface area contributed by atoms with Gasteiger partial charge in [0.2, 0.25) is 0 Å². The van der Waals surface area contributed by atoms with Crippen LogP contribution < -0.4 is 0 Å². The van der Waals surface area contributed by atoms with Gasteiger partial charge in [-0.3, -0.25) is 0 Å². The fourth-order valence-corrected chi connectivity index (χ4v) is 0.591. The molecule has 3 heteroatoms. The third-order valence-electron chi connectivity index (χ3n) is 1.64. The van der Waals surface area contributed by atoms with Crippen LogP contribution in [0.2, 0.25) is 0 Å². The minimum absolute atomic E-state index is 0.283. The molecule has 0 amide bonds. The van der Waals surface area contributed by atoms with Gasteiger partial charge in [0.15, 0.2) is 0 Å². The molecule has 0 spiro atoms. The van der Waals surface area contributed by atoms with Gasteiger partial charge in [0, 0.05) is 12.1 Å². The van der Waals surface area contributed by atoms with Gasteiger partial charge in [-0.05, 0) is 20.0 Å². The van der Waals surface area contributed by atoms with Gasteiger partial charge in [-0.2, -0.15) is 0 Å². The second kappa shape index (κ2) is 4.91. The van der Waals surface area contributed by atoms with E-state index in [1.54, 1.807) is 0 Å². The van der Waals surface area contributed by atoms with Crippen LogP contribution in [0.5, 0.6) is 0 Å². The molecule has 11 heavy (non-hydrogen) atoms. The van der Waals surface area contributed by atoms with Gasteiger partial charge in [0.1, 0.15) is 0 Å². The zero-order valence-corrected chi connectivity index (χ0v) is 7.13. The Hall–Kier alpha value is -0.830. The van der Waals surface area contributed by atoms with E-state index in [0.29, 0.717) is 6.42 Å². The third kappa shape index (κ3) is 4.56. The molecular formula is C8H15NO2. The van der Waals surface area contributed by atoms with E-state index in [-0.39, 0.29) is 5.57 Å². The molecule has 0 saturated heterocycles. The number of carboxylic acids is 1. The second-order valence-corrected chi connectivity index (χ2v) is 2.55. The van der Waals surface area contributed by atoms with Gasteiger partial charge < -0.3 is 10.0 Å². The minimum atomic E-state index is -0.894. The van der Waals surface area contributed by atoms with Crippen LogP contribution in [-0.4, -0.2) is 36.1 Å². The molecule has 0 rings (SSSR count). The average Bonchev–Trinajstić information content (AvgIpc) is 1.99. The van der Waals surface area contributed by atoms with Crippen molar-refractivity contribution in [3.05, 3.63) is 12.2 Å². The molecule has 0 atom stereocenters. The van der Waals surface area contributed by atoms with E-state index in [2.05, 4.69) is 6.58 Å². The predicted molar refractivity (Wildman–Crippen MR) is 44.6 cm³/mol. The highest BCUT2D eigenvalue weighted by molar-refractivity contribution is 5.85. The Bertz CT molecular complexity index is 154. The minimum Gasteiger partial charge on any atom is -0.478 e. The molecule has 0 aromatic heterocycles. The van der Waals surface area contributed by atoms with E-state index in [4.69, 9.17) is 5.11 Å². The first-order chi connectivity index (χ1) is 5.07. The normalized spacial score (nSPS) is 10.1. The zero-order valence-electron chi connectivity index (χ0n) is 7.13. The van der Waals surface area contributed by atoms with Crippen LogP contribution in [0.3, 0.4) is 0 Å². The Morgan fingerprint density at radius 1 is 1.64 bits per heavy atom. The molecule has 64 valence electrons. The molecule has 0 aliphatic carbocycles. The lowest BCUT2D eigenvalue weighted by molar-refractivity contribution is -0.132. The average molecular weight is 157 g/mol. The van der Waals surface area contributed by atoms with Crippen LogP contribution in [0.15, 0.2) is 12.2 Å². The van der Waals surface area contributed by atoms with E-state index >= 15 is 0 Å². The van der Waals surface area contributed by atoms with E-state index in [9.17, 15) is 4.79 Å². The van der Waals surface area contributed by atoms with Gasteiger partial charge in [0.25, 0.3) is 0 Å². The van der Waals surface area contributed by atoms with Crippen molar-refractivity contribution in [2.75, 3.05) is 20.1 Å². The highest BCUT2D eigenvalue weighted by Gasteiger charge is 2.03. The van der Waals surface area contributed by atoms with E-state index in [0.717, 1.165) is 13.1 Å². The monoisotopic (exact) mass is 157 g/mol. The van der Waals surface area contributed by atoms with Crippen LogP contribution in [-0.2, 0) is 4.79 Å². The van der Waals surface area contributed by atoms with Gasteiger partial charge in [0.05, 0.1) is 0 Å². The molecule has 0 aliphatic heterocycles. The quantitative estimate of drug-likeness (QED) is 0.604. The molecule has 0 aromatic rings. The standard InChI is InChI=1S/C8H15NO2/c1-4-9(3)6-5-7(2)8(10)11/h2,4-6H2,1,3H3,(H,10,11). The van der Waals surface area contributed by atoms with Crippen LogP contribution >= 0.6 is 0 Å². The first-order valence-corrected chi connectivity index (χ1v) is 3.67. The Morgan fingerprint density at radius 2 is 2.18 bits per heavy atom. The van der Waals surface area contributed by atoms with E-state index in [1.807, 2.05) is 18.9 Å². The molecule has 0 fully saturated rings. The summed E-state index contributed by atoms with van der Waals surface area (Å²) in [5.74, 6) is -0.894. The second-order valence-electron chi connectivity index (χ2n) is 2.55. The SMILES string of the molecule is C=C(CCN(C)CC)C(=O)O. The summed E-state index contributed by atoms with van der Waals surface area (Å²) in [4.78, 5) is 12.3. The summed E-state index contributed by atoms with van der Waals surface area (Å²) in [6.45, 7) is 7.17. The molecular weight excluding hydrogens is 142 g/mol. The highest BCUT2D eigenvalue weighted by Crippen LogP contribution is 1.98. The Kier molecular flexibility index (Phi) is 4.54. The van der Waals surface area contributed by atoms with Gasteiger partial charge >= 0.3 is 5.97 Å². The lowest BCUT2D eigenvalue weighted by atomic mass is 10.2. The lowest BCUT2D eigenvalue weighted by Crippen LogP contribution is -2.20. The van der Waals surface area contributed by atoms with Crippen molar-refractivity contribution in [3.63, 3.8) is 0 Å². The van der Waals surface area contributed by atoms with Gasteiger partial charge in [-0.15, -0.1) is 0 Å². The van der Waals surface area contributed by atoms with Gasteiger partial charge in [-0.1, -0.05) is 13.5 Å². The van der Waals surface area contributed by atoms with Crippen molar-refractivity contribution < 1.29 is 9.90 Å². The fraction of sp³-hybridized carbons (Fsp3) is 0.625. The molecule has 0 aromatic carbocycles. The van der Waals surface area contributed by atoms with Crippen LogP contribution in [0.4, 0.5) is 0 Å². The first kappa shape index (κ1) is 10.2. The molecule has 0 heterocycles. The summed E-state index contributed by atoms with van der Waals surface area (Å²) in [5, 5.41) is 8.45. The third-order valence-corrected chi connectivity index (χ3v) is 1.64. The molecule has 0 aliphatic rings. The summed E-state index contributed by atoms with van der Waals surface area (Å²) < 4.78 is 0. The molecule has 0 radical (unpaired) electrons. The van der Waals surface area contributed by atoms with Crippen LogP contribution in [0.1, 0.15) is 13.3 Å². The maximum absolute atomic E-state index is 10.3. The number of rotatable bonds is 5. The summed E-state index contributed by atoms with van der Waals surface area (Å²) in [6.07, 6.45) is 0.541. The van der Waals surface area contributed by atoms with Crippen molar-refractivity contribution in [1.29, 1.82) is 0 Å². The number of hydrogen-bond acceptors (Lipinski definition) is 2. The highest BCUT2D eigenvalue weighted by atomic mass is 16.4. The smallest absolute Gasteiger partial charge is 0.331 e. The molecule has 0 saturated carbocycles. The fourth-order valence-electron chi connectivity index (χ4n) is 0.591. The largest absolute Gasteiger partial charge is 0.478 e. The summed E-state index contributed by atoms with van der Waals surface area (Å²) >= 11 is 0. The maximum Gasteiger partial charge on any atom is 0.331 e. The number of aliphatic carboxylic acids is 1. The Labute approximate surface area is 67.3 Å². The number of carbonyl (C=O) groups is 1. The Balaban J connectivity index is 3.54. The van der Waals surface area contributed by atoms with Gasteiger partial charge in [-0.25, -0.2) is 4.79 Å². The van der Waals surface area contributed by atoms with E-state index < -0.39 is 5.97 Å². The van der Waals surface area contributed by atoms with Crippen molar-refractivity contribution in [2.24, 2.45) is 0 Å². The van der Waals surface area contributed by atoms with Crippen molar-refractivity contribution in [1.82, 2.24) is 4.90 Å². The maximum atomic E-state index is 10.3.